The molecule has 0 bridgehead atoms. The van der Waals surface area contributed by atoms with E-state index in [4.69, 9.17) is 14.2 Å². The number of esters is 3. The predicted octanol–water partition coefficient (Wildman–Crippen LogP) is 21.3. The summed E-state index contributed by atoms with van der Waals surface area (Å²) in [6.07, 6.45) is 79.0. The van der Waals surface area contributed by atoms with Crippen molar-refractivity contribution in [2.45, 2.75) is 322 Å². The number of carbonyl (C=O) groups is 3. The van der Waals surface area contributed by atoms with Crippen molar-refractivity contribution in [3.63, 3.8) is 0 Å². The standard InChI is InChI=1S/C67H118O6/c1-4-7-10-13-16-19-22-25-28-31-32-33-34-35-37-39-42-45-48-51-54-57-60-66(69)72-63-64(62-71-65(68)59-56-53-50-47-44-41-38-30-27-24-21-18-15-12-9-6-3)73-67(70)61-58-55-52-49-46-43-40-36-29-26-23-20-17-14-11-8-5-2/h8,11,17,20-21,24,26,29-30,38,40,43,64H,4-7,9-10,12-16,18-19,22-23,25,27-28,31-37,39,41-42,44-63H2,1-3H3/b11-8-,20-17-,24-21-,29-26-,38-30-,43-40-. The Balaban J connectivity index is 4.37. The van der Waals surface area contributed by atoms with Gasteiger partial charge in [0.1, 0.15) is 13.2 Å². The van der Waals surface area contributed by atoms with E-state index in [1.54, 1.807) is 0 Å². The first-order valence-electron chi connectivity index (χ1n) is 31.4. The zero-order valence-electron chi connectivity index (χ0n) is 48.4. The quantitative estimate of drug-likeness (QED) is 0.0261. The van der Waals surface area contributed by atoms with Crippen LogP contribution < -0.4 is 0 Å². The molecule has 0 rings (SSSR count). The number of allylic oxidation sites excluding steroid dienone is 12. The van der Waals surface area contributed by atoms with Crippen LogP contribution in [0.15, 0.2) is 72.9 Å². The average molecular weight is 1020 g/mol. The van der Waals surface area contributed by atoms with Gasteiger partial charge in [-0.25, -0.2) is 0 Å². The van der Waals surface area contributed by atoms with E-state index in [0.717, 1.165) is 116 Å². The Hall–Kier alpha value is -3.15. The molecule has 0 spiro atoms. The number of unbranched alkanes of at least 4 members (excludes halogenated alkanes) is 34. The van der Waals surface area contributed by atoms with Crippen LogP contribution in [0.3, 0.4) is 0 Å². The van der Waals surface area contributed by atoms with Crippen LogP contribution >= 0.6 is 0 Å². The first kappa shape index (κ1) is 69.8. The highest BCUT2D eigenvalue weighted by Crippen LogP contribution is 2.17. The van der Waals surface area contributed by atoms with E-state index in [1.165, 1.54) is 161 Å². The molecule has 0 aliphatic carbocycles. The lowest BCUT2D eigenvalue weighted by Crippen LogP contribution is -2.30. The van der Waals surface area contributed by atoms with Gasteiger partial charge in [0.05, 0.1) is 0 Å². The van der Waals surface area contributed by atoms with E-state index in [-0.39, 0.29) is 31.1 Å². The molecule has 0 saturated heterocycles. The number of hydrogen-bond acceptors (Lipinski definition) is 6. The molecular formula is C67H118O6. The molecule has 0 aromatic rings. The molecule has 73 heavy (non-hydrogen) atoms. The lowest BCUT2D eigenvalue weighted by molar-refractivity contribution is -0.167. The maximum absolute atomic E-state index is 12.9. The summed E-state index contributed by atoms with van der Waals surface area (Å²) >= 11 is 0. The van der Waals surface area contributed by atoms with Gasteiger partial charge in [-0.3, -0.25) is 14.4 Å². The highest BCUT2D eigenvalue weighted by atomic mass is 16.6. The van der Waals surface area contributed by atoms with E-state index in [0.29, 0.717) is 19.3 Å². The maximum Gasteiger partial charge on any atom is 0.306 e. The molecule has 1 unspecified atom stereocenters. The van der Waals surface area contributed by atoms with Crippen molar-refractivity contribution in [2.24, 2.45) is 0 Å². The van der Waals surface area contributed by atoms with Gasteiger partial charge in [-0.15, -0.1) is 0 Å². The maximum atomic E-state index is 12.9. The fourth-order valence-corrected chi connectivity index (χ4v) is 9.00. The zero-order chi connectivity index (χ0) is 52.9. The van der Waals surface area contributed by atoms with Crippen molar-refractivity contribution >= 4 is 17.9 Å². The van der Waals surface area contributed by atoms with Crippen molar-refractivity contribution in [1.29, 1.82) is 0 Å². The van der Waals surface area contributed by atoms with Gasteiger partial charge >= 0.3 is 17.9 Å². The third-order valence-corrected chi connectivity index (χ3v) is 13.7. The topological polar surface area (TPSA) is 78.9 Å². The molecule has 0 aromatic carbocycles. The van der Waals surface area contributed by atoms with Gasteiger partial charge in [0.25, 0.3) is 0 Å². The van der Waals surface area contributed by atoms with Gasteiger partial charge in [0, 0.05) is 19.3 Å². The summed E-state index contributed by atoms with van der Waals surface area (Å²) in [6.45, 7) is 6.52. The molecule has 0 heterocycles. The lowest BCUT2D eigenvalue weighted by atomic mass is 10.0. The first-order valence-corrected chi connectivity index (χ1v) is 31.4. The van der Waals surface area contributed by atoms with E-state index in [9.17, 15) is 14.4 Å². The van der Waals surface area contributed by atoms with Crippen molar-refractivity contribution in [3.05, 3.63) is 72.9 Å². The monoisotopic (exact) mass is 1020 g/mol. The van der Waals surface area contributed by atoms with Crippen molar-refractivity contribution in [2.75, 3.05) is 13.2 Å². The van der Waals surface area contributed by atoms with E-state index in [1.807, 2.05) is 0 Å². The van der Waals surface area contributed by atoms with Gasteiger partial charge in [-0.2, -0.15) is 0 Å². The minimum absolute atomic E-state index is 0.0875. The van der Waals surface area contributed by atoms with Crippen LogP contribution in [0.1, 0.15) is 316 Å². The second-order valence-electron chi connectivity index (χ2n) is 20.9. The molecular weight excluding hydrogens is 901 g/mol. The predicted molar refractivity (Wildman–Crippen MR) is 316 cm³/mol. The molecule has 422 valence electrons. The third kappa shape index (κ3) is 59.6. The minimum atomic E-state index is -0.794. The molecule has 0 fully saturated rings. The Morgan fingerprint density at radius 2 is 0.534 bits per heavy atom. The summed E-state index contributed by atoms with van der Waals surface area (Å²) in [4.78, 5) is 38.3. The van der Waals surface area contributed by atoms with Gasteiger partial charge in [-0.1, -0.05) is 280 Å². The van der Waals surface area contributed by atoms with Gasteiger partial charge in [0.15, 0.2) is 6.10 Å². The summed E-state index contributed by atoms with van der Waals surface area (Å²) < 4.78 is 16.9. The normalized spacial score (nSPS) is 12.5. The van der Waals surface area contributed by atoms with Crippen molar-refractivity contribution < 1.29 is 28.6 Å². The van der Waals surface area contributed by atoms with E-state index in [2.05, 4.69) is 93.7 Å². The van der Waals surface area contributed by atoms with Gasteiger partial charge in [0.2, 0.25) is 0 Å². The van der Waals surface area contributed by atoms with Crippen LogP contribution in [0.5, 0.6) is 0 Å². The summed E-state index contributed by atoms with van der Waals surface area (Å²) in [6, 6.07) is 0. The van der Waals surface area contributed by atoms with Crippen LogP contribution in [0.4, 0.5) is 0 Å². The van der Waals surface area contributed by atoms with Crippen molar-refractivity contribution in [1.82, 2.24) is 0 Å². The molecule has 0 amide bonds. The first-order chi connectivity index (χ1) is 36.0. The van der Waals surface area contributed by atoms with Crippen LogP contribution in [-0.2, 0) is 28.6 Å². The second-order valence-corrected chi connectivity index (χ2v) is 20.9. The fourth-order valence-electron chi connectivity index (χ4n) is 9.00. The number of ether oxygens (including phenoxy) is 3. The molecule has 0 aromatic heterocycles. The number of carbonyl (C=O) groups excluding carboxylic acids is 3. The summed E-state index contributed by atoms with van der Waals surface area (Å²) in [5, 5.41) is 0. The average Bonchev–Trinajstić information content (AvgIpc) is 3.39. The molecule has 0 aliphatic heterocycles. The van der Waals surface area contributed by atoms with Crippen LogP contribution in [-0.4, -0.2) is 37.2 Å². The van der Waals surface area contributed by atoms with Gasteiger partial charge in [-0.05, 0) is 89.9 Å². The van der Waals surface area contributed by atoms with Crippen molar-refractivity contribution in [3.8, 4) is 0 Å². The number of hydrogen-bond donors (Lipinski definition) is 0. The van der Waals surface area contributed by atoms with Crippen LogP contribution in [0.25, 0.3) is 0 Å². The molecule has 0 radical (unpaired) electrons. The molecule has 0 N–H and O–H groups in total. The molecule has 1 atom stereocenters. The van der Waals surface area contributed by atoms with E-state index < -0.39 is 6.10 Å². The summed E-state index contributed by atoms with van der Waals surface area (Å²) in [5.74, 6) is -0.911. The highest BCUT2D eigenvalue weighted by Gasteiger charge is 2.19. The third-order valence-electron chi connectivity index (χ3n) is 13.7. The van der Waals surface area contributed by atoms with Crippen LogP contribution in [0, 0.1) is 0 Å². The minimum Gasteiger partial charge on any atom is -0.462 e. The van der Waals surface area contributed by atoms with E-state index >= 15 is 0 Å². The molecule has 0 saturated carbocycles. The highest BCUT2D eigenvalue weighted by molar-refractivity contribution is 5.71. The molecule has 6 heteroatoms. The lowest BCUT2D eigenvalue weighted by Gasteiger charge is -2.18. The molecule has 6 nitrogen and oxygen atoms in total. The smallest absolute Gasteiger partial charge is 0.306 e. The second kappa shape index (κ2) is 61.4. The Kier molecular flexibility index (Phi) is 58.7. The Morgan fingerprint density at radius 1 is 0.288 bits per heavy atom. The van der Waals surface area contributed by atoms with Crippen LogP contribution in [0.2, 0.25) is 0 Å². The Labute approximate surface area is 453 Å². The fraction of sp³-hybridized carbons (Fsp3) is 0.776. The van der Waals surface area contributed by atoms with Gasteiger partial charge < -0.3 is 14.2 Å². The largest absolute Gasteiger partial charge is 0.462 e. The number of rotatable bonds is 57. The summed E-state index contributed by atoms with van der Waals surface area (Å²) in [5.41, 5.74) is 0. The SMILES string of the molecule is CC/C=C\C/C=C\C/C=C\C/C=C\CCCCCCC(=O)OC(COC(=O)CCCCCCC/C=C\C/C=C\CCCCCC)COC(=O)CCCCCCCCCCCCCCCCCCCCCCCC. The zero-order valence-corrected chi connectivity index (χ0v) is 48.4. The Bertz CT molecular complexity index is 1360. The Morgan fingerprint density at radius 3 is 0.849 bits per heavy atom. The molecule has 0 aliphatic rings. The summed E-state index contributed by atoms with van der Waals surface area (Å²) in [7, 11) is 0.